The summed E-state index contributed by atoms with van der Waals surface area (Å²) in [5.74, 6) is 0. The second-order valence-corrected chi connectivity index (χ2v) is 7.41. The van der Waals surface area contributed by atoms with E-state index in [-0.39, 0.29) is 5.25 Å². The van der Waals surface area contributed by atoms with E-state index in [9.17, 15) is 8.42 Å². The lowest BCUT2D eigenvalue weighted by atomic mass is 10.2. The normalized spacial score (nSPS) is 27.1. The Morgan fingerprint density at radius 2 is 1.88 bits per heavy atom. The molecule has 0 bridgehead atoms. The van der Waals surface area contributed by atoms with Crippen molar-refractivity contribution in [1.82, 2.24) is 9.62 Å². The molecule has 1 saturated carbocycles. The summed E-state index contributed by atoms with van der Waals surface area (Å²) in [6.45, 7) is 4.25. The fraction of sp³-hybridized carbons (Fsp3) is 1.00. The topological polar surface area (TPSA) is 49.4 Å². The SMILES string of the molecule is CCN(CC1CCCN1)S(=O)(=O)C1CCCC1. The molecule has 0 aromatic rings. The van der Waals surface area contributed by atoms with Crippen molar-refractivity contribution in [2.75, 3.05) is 19.6 Å². The quantitative estimate of drug-likeness (QED) is 0.811. The van der Waals surface area contributed by atoms with Gasteiger partial charge in [-0.25, -0.2) is 12.7 Å². The van der Waals surface area contributed by atoms with Crippen LogP contribution in [0.3, 0.4) is 0 Å². The highest BCUT2D eigenvalue weighted by Gasteiger charge is 2.34. The Labute approximate surface area is 105 Å². The summed E-state index contributed by atoms with van der Waals surface area (Å²) in [6, 6.07) is 0.367. The second kappa shape index (κ2) is 5.67. The van der Waals surface area contributed by atoms with Gasteiger partial charge in [-0.15, -0.1) is 0 Å². The summed E-state index contributed by atoms with van der Waals surface area (Å²) in [7, 11) is -3.04. The van der Waals surface area contributed by atoms with Crippen molar-refractivity contribution in [1.29, 1.82) is 0 Å². The minimum absolute atomic E-state index is 0.108. The summed E-state index contributed by atoms with van der Waals surface area (Å²) in [5, 5.41) is 3.27. The molecule has 5 heteroatoms. The summed E-state index contributed by atoms with van der Waals surface area (Å²) in [4.78, 5) is 0. The van der Waals surface area contributed by atoms with E-state index in [1.54, 1.807) is 4.31 Å². The van der Waals surface area contributed by atoms with Crippen LogP contribution >= 0.6 is 0 Å². The van der Waals surface area contributed by atoms with Gasteiger partial charge in [0.1, 0.15) is 0 Å². The van der Waals surface area contributed by atoms with Gasteiger partial charge in [0.25, 0.3) is 0 Å². The average Bonchev–Trinajstić information content (AvgIpc) is 2.98. The number of likely N-dealkylation sites (N-methyl/N-ethyl adjacent to an activating group) is 1. The van der Waals surface area contributed by atoms with Crippen LogP contribution in [0.1, 0.15) is 45.4 Å². The maximum Gasteiger partial charge on any atom is 0.217 e. The van der Waals surface area contributed by atoms with E-state index >= 15 is 0 Å². The van der Waals surface area contributed by atoms with E-state index in [1.165, 1.54) is 6.42 Å². The molecule has 1 saturated heterocycles. The molecule has 1 N–H and O–H groups in total. The number of hydrogen-bond acceptors (Lipinski definition) is 3. The first-order valence-electron chi connectivity index (χ1n) is 6.87. The van der Waals surface area contributed by atoms with E-state index < -0.39 is 10.0 Å². The molecular weight excluding hydrogens is 236 g/mol. The average molecular weight is 260 g/mol. The van der Waals surface area contributed by atoms with Crippen molar-refractivity contribution in [3.05, 3.63) is 0 Å². The van der Waals surface area contributed by atoms with Crippen molar-refractivity contribution in [2.24, 2.45) is 0 Å². The van der Waals surface area contributed by atoms with Crippen LogP contribution in [0.4, 0.5) is 0 Å². The molecule has 1 atom stereocenters. The summed E-state index contributed by atoms with van der Waals surface area (Å²) >= 11 is 0. The largest absolute Gasteiger partial charge is 0.313 e. The Kier molecular flexibility index (Phi) is 4.44. The van der Waals surface area contributed by atoms with Gasteiger partial charge in [-0.2, -0.15) is 0 Å². The van der Waals surface area contributed by atoms with Gasteiger partial charge in [0.05, 0.1) is 5.25 Å². The van der Waals surface area contributed by atoms with Crippen LogP contribution in [0, 0.1) is 0 Å². The predicted molar refractivity (Wildman–Crippen MR) is 69.4 cm³/mol. The van der Waals surface area contributed by atoms with Crippen LogP contribution in [0.25, 0.3) is 0 Å². The van der Waals surface area contributed by atoms with Gasteiger partial charge in [-0.05, 0) is 32.2 Å². The molecular formula is C12H24N2O2S. The molecule has 1 unspecified atom stereocenters. The van der Waals surface area contributed by atoms with Crippen molar-refractivity contribution in [2.45, 2.75) is 56.7 Å². The highest BCUT2D eigenvalue weighted by atomic mass is 32.2. The molecule has 17 heavy (non-hydrogen) atoms. The number of hydrogen-bond donors (Lipinski definition) is 1. The molecule has 2 rings (SSSR count). The first-order chi connectivity index (χ1) is 8.14. The predicted octanol–water partition coefficient (Wildman–Crippen LogP) is 1.33. The third-order valence-electron chi connectivity index (χ3n) is 4.02. The Morgan fingerprint density at radius 1 is 1.18 bits per heavy atom. The van der Waals surface area contributed by atoms with E-state index in [4.69, 9.17) is 0 Å². The zero-order valence-electron chi connectivity index (χ0n) is 10.7. The van der Waals surface area contributed by atoms with Gasteiger partial charge >= 0.3 is 0 Å². The summed E-state index contributed by atoms with van der Waals surface area (Å²) in [6.07, 6.45) is 6.14. The lowest BCUT2D eigenvalue weighted by Gasteiger charge is -2.26. The van der Waals surface area contributed by atoms with Crippen molar-refractivity contribution < 1.29 is 8.42 Å². The molecule has 2 aliphatic rings. The molecule has 100 valence electrons. The van der Waals surface area contributed by atoms with E-state index in [2.05, 4.69) is 5.32 Å². The van der Waals surface area contributed by atoms with Crippen molar-refractivity contribution in [3.63, 3.8) is 0 Å². The molecule has 1 heterocycles. The zero-order chi connectivity index (χ0) is 12.3. The molecule has 0 radical (unpaired) electrons. The smallest absolute Gasteiger partial charge is 0.217 e. The minimum atomic E-state index is -3.04. The number of rotatable bonds is 5. The van der Waals surface area contributed by atoms with Crippen LogP contribution in [-0.4, -0.2) is 43.6 Å². The van der Waals surface area contributed by atoms with E-state index in [0.29, 0.717) is 19.1 Å². The van der Waals surface area contributed by atoms with E-state index in [1.807, 2.05) is 6.92 Å². The summed E-state index contributed by atoms with van der Waals surface area (Å²) in [5.41, 5.74) is 0. The lowest BCUT2D eigenvalue weighted by Crippen LogP contribution is -2.44. The molecule has 1 aliphatic heterocycles. The lowest BCUT2D eigenvalue weighted by molar-refractivity contribution is 0.377. The van der Waals surface area contributed by atoms with Gasteiger partial charge < -0.3 is 5.32 Å². The number of nitrogens with zero attached hydrogens (tertiary/aromatic N) is 1. The molecule has 0 aromatic heterocycles. The second-order valence-electron chi connectivity index (χ2n) is 5.20. The van der Waals surface area contributed by atoms with Gasteiger partial charge in [0, 0.05) is 19.1 Å². The Morgan fingerprint density at radius 3 is 2.41 bits per heavy atom. The van der Waals surface area contributed by atoms with Gasteiger partial charge in [-0.3, -0.25) is 0 Å². The summed E-state index contributed by atoms with van der Waals surface area (Å²) < 4.78 is 26.6. The van der Waals surface area contributed by atoms with Gasteiger partial charge in [0.15, 0.2) is 0 Å². The highest BCUT2D eigenvalue weighted by Crippen LogP contribution is 2.27. The zero-order valence-corrected chi connectivity index (χ0v) is 11.5. The van der Waals surface area contributed by atoms with Crippen LogP contribution < -0.4 is 5.32 Å². The minimum Gasteiger partial charge on any atom is -0.313 e. The van der Waals surface area contributed by atoms with Crippen LogP contribution in [0.5, 0.6) is 0 Å². The van der Waals surface area contributed by atoms with Crippen LogP contribution in [0.2, 0.25) is 0 Å². The maximum absolute atomic E-state index is 12.4. The molecule has 0 aromatic carbocycles. The monoisotopic (exact) mass is 260 g/mol. The first-order valence-corrected chi connectivity index (χ1v) is 8.37. The van der Waals surface area contributed by atoms with Crippen molar-refractivity contribution in [3.8, 4) is 0 Å². The third-order valence-corrected chi connectivity index (χ3v) is 6.46. The standard InChI is InChI=1S/C12H24N2O2S/c1-2-14(10-11-6-5-9-13-11)17(15,16)12-7-3-4-8-12/h11-13H,2-10H2,1H3. The molecule has 1 aliphatic carbocycles. The van der Waals surface area contributed by atoms with Crippen molar-refractivity contribution >= 4 is 10.0 Å². The molecule has 0 amide bonds. The number of sulfonamides is 1. The van der Waals surface area contributed by atoms with Crippen LogP contribution in [-0.2, 0) is 10.0 Å². The maximum atomic E-state index is 12.4. The molecule has 4 nitrogen and oxygen atoms in total. The van der Waals surface area contributed by atoms with Crippen LogP contribution in [0.15, 0.2) is 0 Å². The van der Waals surface area contributed by atoms with Gasteiger partial charge in [0.2, 0.25) is 10.0 Å². The van der Waals surface area contributed by atoms with Gasteiger partial charge in [-0.1, -0.05) is 19.8 Å². The Bertz CT molecular complexity index is 330. The third kappa shape index (κ3) is 3.01. The van der Waals surface area contributed by atoms with E-state index in [0.717, 1.165) is 38.6 Å². The highest BCUT2D eigenvalue weighted by molar-refractivity contribution is 7.89. The Balaban J connectivity index is 2.00. The molecule has 2 fully saturated rings. The molecule has 0 spiro atoms. The fourth-order valence-electron chi connectivity index (χ4n) is 2.97. The Hall–Kier alpha value is -0.130. The first kappa shape index (κ1) is 13.3. The number of nitrogens with one attached hydrogen (secondary N) is 1. The fourth-order valence-corrected chi connectivity index (χ4v) is 5.07.